The molecule has 1 saturated heterocycles. The average molecular weight is 467 g/mol. The topological polar surface area (TPSA) is 147 Å². The van der Waals surface area contributed by atoms with Gasteiger partial charge in [-0.2, -0.15) is 0 Å². The molecule has 1 fully saturated rings. The highest BCUT2D eigenvalue weighted by atomic mass is 16.7. The van der Waals surface area contributed by atoms with Gasteiger partial charge < -0.3 is 34.1 Å². The van der Waals surface area contributed by atoms with E-state index in [0.29, 0.717) is 0 Å². The zero-order chi connectivity index (χ0) is 24.5. The molecule has 1 aliphatic heterocycles. The lowest BCUT2D eigenvalue weighted by Gasteiger charge is -2.45. The first-order valence-electron chi connectivity index (χ1n) is 10.4. The number of carbonyl (C=O) groups excluding carboxylic acids is 3. The summed E-state index contributed by atoms with van der Waals surface area (Å²) in [7, 11) is 0. The summed E-state index contributed by atoms with van der Waals surface area (Å²) in [4.78, 5) is 46.6. The maximum atomic E-state index is 12.0. The summed E-state index contributed by atoms with van der Waals surface area (Å²) >= 11 is 0. The van der Waals surface area contributed by atoms with Gasteiger partial charge in [0.05, 0.1) is 6.61 Å². The minimum Gasteiger partial charge on any atom is -0.479 e. The van der Waals surface area contributed by atoms with Crippen LogP contribution in [0.1, 0.15) is 33.3 Å². The lowest BCUT2D eigenvalue weighted by molar-refractivity contribution is -0.287. The second-order valence-corrected chi connectivity index (χ2v) is 7.52. The van der Waals surface area contributed by atoms with Gasteiger partial charge in [0, 0.05) is 20.8 Å². The van der Waals surface area contributed by atoms with Crippen LogP contribution in [-0.2, 0) is 49.5 Å². The molecule has 182 valence electrons. The molecule has 6 atom stereocenters. The molecule has 1 heterocycles. The molecule has 1 amide bonds. The first kappa shape index (κ1) is 26.2. The van der Waals surface area contributed by atoms with E-state index in [-0.39, 0.29) is 13.2 Å². The van der Waals surface area contributed by atoms with Crippen molar-refractivity contribution in [2.75, 3.05) is 6.61 Å². The van der Waals surface area contributed by atoms with Crippen LogP contribution in [0.15, 0.2) is 30.3 Å². The highest BCUT2D eigenvalue weighted by Gasteiger charge is 2.51. The molecule has 2 N–H and O–H groups in total. The monoisotopic (exact) mass is 467 g/mol. The van der Waals surface area contributed by atoms with E-state index in [1.165, 1.54) is 20.8 Å². The summed E-state index contributed by atoms with van der Waals surface area (Å²) in [5.41, 5.74) is 0.817. The molecule has 0 saturated carbocycles. The van der Waals surface area contributed by atoms with E-state index in [1.807, 2.05) is 30.3 Å². The Hall–Kier alpha value is -3.02. The quantitative estimate of drug-likeness (QED) is 0.473. The van der Waals surface area contributed by atoms with Gasteiger partial charge in [-0.1, -0.05) is 30.3 Å². The standard InChI is InChI=1S/C22H29NO10/c1-12(21(27)28)31-20-18(23-13(2)24)22(30-10-16-8-6-5-7-9-16)33-17(11-29-14(3)25)19(20)32-15(4)26/h5-9,12,17-20,22H,10-11H2,1-4H3,(H,23,24)(H,27,28)/t12?,17-,18-,19-,20-,22-/m1/s1. The van der Waals surface area contributed by atoms with Crippen LogP contribution in [0.2, 0.25) is 0 Å². The largest absolute Gasteiger partial charge is 0.479 e. The van der Waals surface area contributed by atoms with E-state index in [9.17, 15) is 24.3 Å². The third-order valence-electron chi connectivity index (χ3n) is 4.74. The fourth-order valence-electron chi connectivity index (χ4n) is 3.31. The van der Waals surface area contributed by atoms with Gasteiger partial charge in [0.1, 0.15) is 24.9 Å². The molecule has 0 aliphatic carbocycles. The number of esters is 2. The minimum atomic E-state index is -1.31. The second-order valence-electron chi connectivity index (χ2n) is 7.52. The number of carboxylic acid groups (broad SMARTS) is 1. The maximum Gasteiger partial charge on any atom is 0.332 e. The van der Waals surface area contributed by atoms with Crippen LogP contribution >= 0.6 is 0 Å². The van der Waals surface area contributed by atoms with Crippen LogP contribution in [0, 0.1) is 0 Å². The van der Waals surface area contributed by atoms with Crippen molar-refractivity contribution in [2.24, 2.45) is 0 Å². The summed E-state index contributed by atoms with van der Waals surface area (Å²) in [6.45, 7) is 4.71. The van der Waals surface area contributed by atoms with Crippen molar-refractivity contribution >= 4 is 23.8 Å². The number of amides is 1. The average Bonchev–Trinajstić information content (AvgIpc) is 2.74. The van der Waals surface area contributed by atoms with Gasteiger partial charge in [-0.05, 0) is 12.5 Å². The molecule has 2 rings (SSSR count). The van der Waals surface area contributed by atoms with Gasteiger partial charge in [0.2, 0.25) is 5.91 Å². The van der Waals surface area contributed by atoms with Gasteiger partial charge >= 0.3 is 17.9 Å². The highest BCUT2D eigenvalue weighted by Crippen LogP contribution is 2.29. The highest BCUT2D eigenvalue weighted by molar-refractivity contribution is 5.73. The van der Waals surface area contributed by atoms with Crippen molar-refractivity contribution in [1.29, 1.82) is 0 Å². The lowest BCUT2D eigenvalue weighted by Crippen LogP contribution is -2.67. The maximum absolute atomic E-state index is 12.0. The number of hydrogen-bond donors (Lipinski definition) is 2. The van der Waals surface area contributed by atoms with E-state index >= 15 is 0 Å². The Morgan fingerprint density at radius 3 is 2.27 bits per heavy atom. The Bertz CT molecular complexity index is 830. The SMILES string of the molecule is CC(=O)N[C@H]1[C@H](OCc2ccccc2)O[C@H](COC(C)=O)[C@@H](OC(C)=O)[C@@H]1OC(C)C(=O)O. The molecule has 11 heteroatoms. The molecule has 1 aromatic carbocycles. The van der Waals surface area contributed by atoms with Gasteiger partial charge in [0.25, 0.3) is 0 Å². The van der Waals surface area contributed by atoms with Gasteiger partial charge in [-0.3, -0.25) is 14.4 Å². The van der Waals surface area contributed by atoms with Crippen molar-refractivity contribution in [3.63, 3.8) is 0 Å². The predicted molar refractivity (Wildman–Crippen MR) is 112 cm³/mol. The predicted octanol–water partition coefficient (Wildman–Crippen LogP) is 0.786. The molecule has 1 aromatic rings. The van der Waals surface area contributed by atoms with Crippen LogP contribution in [-0.4, -0.2) is 72.3 Å². The van der Waals surface area contributed by atoms with E-state index in [4.69, 9.17) is 23.7 Å². The molecule has 0 radical (unpaired) electrons. The van der Waals surface area contributed by atoms with Crippen LogP contribution in [0.4, 0.5) is 0 Å². The molecule has 0 spiro atoms. The molecule has 1 aliphatic rings. The van der Waals surface area contributed by atoms with Crippen LogP contribution in [0.5, 0.6) is 0 Å². The number of aliphatic carboxylic acids is 1. The van der Waals surface area contributed by atoms with E-state index in [1.54, 1.807) is 0 Å². The van der Waals surface area contributed by atoms with Crippen molar-refractivity contribution in [3.05, 3.63) is 35.9 Å². The Morgan fingerprint density at radius 2 is 1.73 bits per heavy atom. The van der Waals surface area contributed by atoms with Crippen molar-refractivity contribution in [3.8, 4) is 0 Å². The normalized spacial score (nSPS) is 25.5. The first-order valence-corrected chi connectivity index (χ1v) is 10.4. The summed E-state index contributed by atoms with van der Waals surface area (Å²) in [5.74, 6) is -3.02. The third-order valence-corrected chi connectivity index (χ3v) is 4.74. The Balaban J connectivity index is 2.40. The summed E-state index contributed by atoms with van der Waals surface area (Å²) in [6.07, 6.45) is -5.87. The van der Waals surface area contributed by atoms with Crippen LogP contribution < -0.4 is 5.32 Å². The molecular weight excluding hydrogens is 438 g/mol. The Labute approximate surface area is 191 Å². The van der Waals surface area contributed by atoms with Crippen LogP contribution in [0.25, 0.3) is 0 Å². The van der Waals surface area contributed by atoms with Crippen molar-refractivity contribution in [1.82, 2.24) is 5.32 Å². The zero-order valence-electron chi connectivity index (χ0n) is 18.9. The number of hydrogen-bond acceptors (Lipinski definition) is 9. The fraction of sp³-hybridized carbons (Fsp3) is 0.545. The molecule has 0 bridgehead atoms. The number of benzene rings is 1. The third kappa shape index (κ3) is 8.12. The number of ether oxygens (including phenoxy) is 5. The second kappa shape index (κ2) is 12.3. The summed E-state index contributed by atoms with van der Waals surface area (Å²) < 4.78 is 28.0. The molecular formula is C22H29NO10. The van der Waals surface area contributed by atoms with Crippen molar-refractivity contribution < 1.29 is 48.0 Å². The minimum absolute atomic E-state index is 0.0985. The smallest absolute Gasteiger partial charge is 0.332 e. The summed E-state index contributed by atoms with van der Waals surface area (Å²) in [6, 6.07) is 8.12. The Kier molecular flexibility index (Phi) is 9.76. The molecule has 1 unspecified atom stereocenters. The number of carboxylic acids is 1. The first-order chi connectivity index (χ1) is 15.6. The van der Waals surface area contributed by atoms with Crippen LogP contribution in [0.3, 0.4) is 0 Å². The lowest BCUT2D eigenvalue weighted by atomic mass is 9.95. The van der Waals surface area contributed by atoms with E-state index in [0.717, 1.165) is 12.5 Å². The van der Waals surface area contributed by atoms with Gasteiger partial charge in [-0.15, -0.1) is 0 Å². The van der Waals surface area contributed by atoms with E-state index in [2.05, 4.69) is 5.32 Å². The Morgan fingerprint density at radius 1 is 1.06 bits per heavy atom. The molecule has 11 nitrogen and oxygen atoms in total. The van der Waals surface area contributed by atoms with Gasteiger partial charge in [-0.25, -0.2) is 4.79 Å². The van der Waals surface area contributed by atoms with E-state index < -0.39 is 60.6 Å². The summed E-state index contributed by atoms with van der Waals surface area (Å²) in [5, 5.41) is 12.0. The molecule has 0 aromatic heterocycles. The van der Waals surface area contributed by atoms with Gasteiger partial charge in [0.15, 0.2) is 18.5 Å². The number of carbonyl (C=O) groups is 4. The number of nitrogens with one attached hydrogen (secondary N) is 1. The number of rotatable bonds is 10. The van der Waals surface area contributed by atoms with Crippen molar-refractivity contribution in [2.45, 2.75) is 71.0 Å². The molecule has 33 heavy (non-hydrogen) atoms. The fourth-order valence-corrected chi connectivity index (χ4v) is 3.31. The zero-order valence-corrected chi connectivity index (χ0v) is 18.9.